The van der Waals surface area contributed by atoms with Crippen molar-refractivity contribution in [1.29, 1.82) is 0 Å². The molecule has 0 aromatic heterocycles. The fourth-order valence-corrected chi connectivity index (χ4v) is 2.99. The maximum Gasteiger partial charge on any atom is 0.241 e. The number of carbonyl (C=O) groups excluding carboxylic acids is 1. The van der Waals surface area contributed by atoms with E-state index < -0.39 is 0 Å². The highest BCUT2D eigenvalue weighted by molar-refractivity contribution is 6.41. The average Bonchev–Trinajstić information content (AvgIpc) is 2.80. The Bertz CT molecular complexity index is 436. The Labute approximate surface area is 121 Å². The van der Waals surface area contributed by atoms with Gasteiger partial charge in [0.1, 0.15) is 0 Å². The molecule has 1 aromatic carbocycles. The van der Waals surface area contributed by atoms with E-state index in [2.05, 4.69) is 10.9 Å². The van der Waals surface area contributed by atoms with Gasteiger partial charge >= 0.3 is 0 Å². The third kappa shape index (κ3) is 3.22. The minimum atomic E-state index is -0.0189. The summed E-state index contributed by atoms with van der Waals surface area (Å²) in [6.07, 6.45) is 4.10. The number of carbonyl (C=O) groups is 1. The van der Waals surface area contributed by atoms with Crippen molar-refractivity contribution >= 4 is 46.4 Å². The van der Waals surface area contributed by atoms with E-state index in [0.717, 1.165) is 25.7 Å². The molecule has 1 aromatic rings. The van der Waals surface area contributed by atoms with Crippen molar-refractivity contribution in [3.63, 3.8) is 0 Å². The number of amides is 1. The van der Waals surface area contributed by atoms with Gasteiger partial charge in [0.25, 0.3) is 0 Å². The molecule has 1 amide bonds. The van der Waals surface area contributed by atoms with Crippen molar-refractivity contribution < 1.29 is 4.79 Å². The molecule has 0 bridgehead atoms. The molecule has 98 valence electrons. The van der Waals surface area contributed by atoms with Crippen molar-refractivity contribution in [3.8, 4) is 0 Å². The van der Waals surface area contributed by atoms with Crippen LogP contribution in [0.15, 0.2) is 12.1 Å². The van der Waals surface area contributed by atoms with Gasteiger partial charge < -0.3 is 0 Å². The van der Waals surface area contributed by atoms with Gasteiger partial charge in [-0.1, -0.05) is 47.6 Å². The quantitative estimate of drug-likeness (QED) is 0.818. The van der Waals surface area contributed by atoms with E-state index in [9.17, 15) is 4.79 Å². The minimum Gasteiger partial charge on any atom is -0.296 e. The summed E-state index contributed by atoms with van der Waals surface area (Å²) in [5.74, 6) is 0.0666. The second-order valence-corrected chi connectivity index (χ2v) is 5.59. The largest absolute Gasteiger partial charge is 0.296 e. The van der Waals surface area contributed by atoms with Crippen LogP contribution < -0.4 is 10.9 Å². The van der Waals surface area contributed by atoms with E-state index in [1.165, 1.54) is 0 Å². The Morgan fingerprint density at radius 3 is 2.22 bits per heavy atom. The van der Waals surface area contributed by atoms with E-state index in [4.69, 9.17) is 34.8 Å². The summed E-state index contributed by atoms with van der Waals surface area (Å²) in [5, 5.41) is 1.20. The van der Waals surface area contributed by atoms with Gasteiger partial charge in [-0.15, -0.1) is 0 Å². The van der Waals surface area contributed by atoms with Crippen LogP contribution in [-0.4, -0.2) is 5.91 Å². The Hall–Kier alpha value is -0.640. The van der Waals surface area contributed by atoms with E-state index >= 15 is 0 Å². The van der Waals surface area contributed by atoms with Crippen LogP contribution in [0.3, 0.4) is 0 Å². The van der Waals surface area contributed by atoms with E-state index in [0.29, 0.717) is 20.8 Å². The number of anilines is 1. The van der Waals surface area contributed by atoms with Gasteiger partial charge in [-0.25, -0.2) is 0 Å². The number of nitrogens with one attached hydrogen (secondary N) is 2. The van der Waals surface area contributed by atoms with Crippen molar-refractivity contribution in [2.45, 2.75) is 25.7 Å². The fraction of sp³-hybridized carbons (Fsp3) is 0.417. The first-order valence-corrected chi connectivity index (χ1v) is 6.91. The van der Waals surface area contributed by atoms with Crippen LogP contribution >= 0.6 is 34.8 Å². The van der Waals surface area contributed by atoms with Gasteiger partial charge in [0.2, 0.25) is 5.91 Å². The molecule has 0 heterocycles. The predicted molar refractivity (Wildman–Crippen MR) is 75.2 cm³/mol. The molecular weight excluding hydrogens is 295 g/mol. The highest BCUT2D eigenvalue weighted by atomic mass is 35.5. The molecule has 0 spiro atoms. The lowest BCUT2D eigenvalue weighted by molar-refractivity contribution is -0.124. The zero-order chi connectivity index (χ0) is 13.1. The molecule has 0 aliphatic heterocycles. The molecule has 1 aliphatic carbocycles. The van der Waals surface area contributed by atoms with Crippen LogP contribution in [0.5, 0.6) is 0 Å². The third-order valence-electron chi connectivity index (χ3n) is 3.04. The van der Waals surface area contributed by atoms with Gasteiger partial charge in [0, 0.05) is 10.9 Å². The Morgan fingerprint density at radius 1 is 1.11 bits per heavy atom. The normalized spacial score (nSPS) is 15.7. The van der Waals surface area contributed by atoms with Gasteiger partial charge in [0.05, 0.1) is 15.7 Å². The van der Waals surface area contributed by atoms with Crippen molar-refractivity contribution in [2.75, 3.05) is 5.43 Å². The van der Waals surface area contributed by atoms with Gasteiger partial charge in [-0.2, -0.15) is 0 Å². The molecule has 0 unspecified atom stereocenters. The van der Waals surface area contributed by atoms with Crippen LogP contribution in [0.4, 0.5) is 5.69 Å². The SMILES string of the molecule is O=C(NNc1c(Cl)cc(Cl)cc1Cl)C1CCCC1. The molecule has 0 radical (unpaired) electrons. The topological polar surface area (TPSA) is 41.1 Å². The van der Waals surface area contributed by atoms with E-state index in [1.54, 1.807) is 12.1 Å². The van der Waals surface area contributed by atoms with Crippen LogP contribution in [0.25, 0.3) is 0 Å². The molecule has 3 nitrogen and oxygen atoms in total. The molecule has 1 aliphatic rings. The first kappa shape index (κ1) is 13.8. The van der Waals surface area contributed by atoms with Crippen molar-refractivity contribution in [1.82, 2.24) is 5.43 Å². The lowest BCUT2D eigenvalue weighted by atomic mass is 10.1. The summed E-state index contributed by atoms with van der Waals surface area (Å²) in [5.41, 5.74) is 5.87. The number of benzene rings is 1. The minimum absolute atomic E-state index is 0.0189. The third-order valence-corrected chi connectivity index (χ3v) is 3.86. The number of halogens is 3. The number of hydrazine groups is 1. The van der Waals surface area contributed by atoms with Gasteiger partial charge in [-0.3, -0.25) is 15.6 Å². The average molecular weight is 308 g/mol. The Kier molecular flexibility index (Phi) is 4.60. The summed E-state index contributed by atoms with van der Waals surface area (Å²) in [6, 6.07) is 3.14. The number of hydrogen-bond donors (Lipinski definition) is 2. The van der Waals surface area contributed by atoms with Crippen LogP contribution in [0.2, 0.25) is 15.1 Å². The second-order valence-electron chi connectivity index (χ2n) is 4.34. The summed E-state index contributed by atoms with van der Waals surface area (Å²) in [4.78, 5) is 11.8. The lowest BCUT2D eigenvalue weighted by Gasteiger charge is -2.14. The van der Waals surface area contributed by atoms with E-state index in [1.807, 2.05) is 0 Å². The lowest BCUT2D eigenvalue weighted by Crippen LogP contribution is -2.34. The zero-order valence-corrected chi connectivity index (χ0v) is 11.9. The Balaban J connectivity index is 1.99. The van der Waals surface area contributed by atoms with Crippen LogP contribution in [0, 0.1) is 5.92 Å². The molecular formula is C12H13Cl3N2O. The molecule has 18 heavy (non-hydrogen) atoms. The molecule has 1 saturated carbocycles. The first-order chi connectivity index (χ1) is 8.58. The second kappa shape index (κ2) is 6.00. The molecule has 0 atom stereocenters. The van der Waals surface area contributed by atoms with Gasteiger partial charge in [0.15, 0.2) is 0 Å². The Morgan fingerprint density at radius 2 is 1.67 bits per heavy atom. The smallest absolute Gasteiger partial charge is 0.241 e. The number of hydrogen-bond acceptors (Lipinski definition) is 2. The molecule has 0 saturated heterocycles. The molecule has 1 fully saturated rings. The summed E-state index contributed by atoms with van der Waals surface area (Å²) in [6.45, 7) is 0. The molecule has 2 rings (SSSR count). The molecule has 2 N–H and O–H groups in total. The summed E-state index contributed by atoms with van der Waals surface area (Å²) in [7, 11) is 0. The predicted octanol–water partition coefficient (Wildman–Crippen LogP) is 4.28. The highest BCUT2D eigenvalue weighted by Crippen LogP contribution is 2.33. The maximum atomic E-state index is 11.8. The van der Waals surface area contributed by atoms with Gasteiger partial charge in [-0.05, 0) is 25.0 Å². The van der Waals surface area contributed by atoms with Crippen LogP contribution in [-0.2, 0) is 4.79 Å². The van der Waals surface area contributed by atoms with Crippen LogP contribution in [0.1, 0.15) is 25.7 Å². The summed E-state index contributed by atoms with van der Waals surface area (Å²) >= 11 is 17.8. The first-order valence-electron chi connectivity index (χ1n) is 5.78. The summed E-state index contributed by atoms with van der Waals surface area (Å²) < 4.78 is 0. The standard InChI is InChI=1S/C12H13Cl3N2O/c13-8-5-9(14)11(10(15)6-8)16-17-12(18)7-3-1-2-4-7/h5-7,16H,1-4H2,(H,17,18). The fourth-order valence-electron chi connectivity index (χ4n) is 2.08. The zero-order valence-electron chi connectivity index (χ0n) is 9.60. The van der Waals surface area contributed by atoms with E-state index in [-0.39, 0.29) is 11.8 Å². The monoisotopic (exact) mass is 306 g/mol. The van der Waals surface area contributed by atoms with Crippen molar-refractivity contribution in [3.05, 3.63) is 27.2 Å². The van der Waals surface area contributed by atoms with Crippen molar-refractivity contribution in [2.24, 2.45) is 5.92 Å². The maximum absolute atomic E-state index is 11.8. The number of rotatable bonds is 3. The highest BCUT2D eigenvalue weighted by Gasteiger charge is 2.22. The molecule has 6 heteroatoms.